The van der Waals surface area contributed by atoms with Crippen LogP contribution in [0.5, 0.6) is 0 Å². The highest BCUT2D eigenvalue weighted by Gasteiger charge is 2.26. The fraction of sp³-hybridized carbons (Fsp3) is 0. The minimum Gasteiger partial charge on any atom is -0.309 e. The average Bonchev–Trinajstić information content (AvgIpc) is 3.53. The number of aromatic nitrogens is 4. The van der Waals surface area contributed by atoms with Gasteiger partial charge in [0.25, 0.3) is 0 Å². The van der Waals surface area contributed by atoms with Crippen molar-refractivity contribution >= 4 is 55.1 Å². The van der Waals surface area contributed by atoms with Crippen molar-refractivity contribution in [1.29, 1.82) is 0 Å². The van der Waals surface area contributed by atoms with Crippen LogP contribution in [0.15, 0.2) is 180 Å². The molecule has 242 valence electrons. The number of benzene rings is 8. The lowest BCUT2D eigenvalue weighted by Gasteiger charge is -2.25. The summed E-state index contributed by atoms with van der Waals surface area (Å²) in [5.74, 6) is 1.98. The van der Waals surface area contributed by atoms with Gasteiger partial charge in [-0.25, -0.2) is 15.0 Å². The van der Waals surface area contributed by atoms with E-state index in [9.17, 15) is 0 Å². The monoisotopic (exact) mass is 680 g/mol. The Hall–Kier alpha value is -6.56. The third kappa shape index (κ3) is 4.46. The van der Waals surface area contributed by atoms with E-state index in [1.165, 1.54) is 64.6 Å². The summed E-state index contributed by atoms with van der Waals surface area (Å²) >= 11 is 1.84. The summed E-state index contributed by atoms with van der Waals surface area (Å²) in [6.45, 7) is 0. The molecule has 5 heteroatoms. The fourth-order valence-electron chi connectivity index (χ4n) is 7.89. The van der Waals surface area contributed by atoms with Crippen molar-refractivity contribution in [3.63, 3.8) is 0 Å². The smallest absolute Gasteiger partial charge is 0.164 e. The topological polar surface area (TPSA) is 43.6 Å². The Morgan fingerprint density at radius 1 is 0.404 bits per heavy atom. The van der Waals surface area contributed by atoms with Crippen molar-refractivity contribution in [3.05, 3.63) is 170 Å². The molecule has 2 aromatic heterocycles. The first-order valence-corrected chi connectivity index (χ1v) is 18.3. The maximum absolute atomic E-state index is 5.12. The Morgan fingerprint density at radius 2 is 1.04 bits per heavy atom. The lowest BCUT2D eigenvalue weighted by Crippen LogP contribution is -2.03. The van der Waals surface area contributed by atoms with Crippen LogP contribution in [0.2, 0.25) is 0 Å². The van der Waals surface area contributed by atoms with Gasteiger partial charge in [0, 0.05) is 48.2 Å². The third-order valence-electron chi connectivity index (χ3n) is 10.2. The average molecular weight is 681 g/mol. The van der Waals surface area contributed by atoms with Crippen molar-refractivity contribution in [2.24, 2.45) is 0 Å². The zero-order valence-electron chi connectivity index (χ0n) is 27.9. The predicted molar refractivity (Wildman–Crippen MR) is 215 cm³/mol. The molecule has 0 radical (unpaired) electrons. The van der Waals surface area contributed by atoms with Crippen molar-refractivity contribution in [2.45, 2.75) is 9.79 Å². The molecule has 4 nitrogen and oxygen atoms in total. The Labute approximate surface area is 304 Å². The van der Waals surface area contributed by atoms with Crippen molar-refractivity contribution < 1.29 is 0 Å². The first-order valence-electron chi connectivity index (χ1n) is 17.5. The second-order valence-corrected chi connectivity index (χ2v) is 14.3. The van der Waals surface area contributed by atoms with Crippen molar-refractivity contribution in [2.75, 3.05) is 0 Å². The third-order valence-corrected chi connectivity index (χ3v) is 11.3. The first kappa shape index (κ1) is 29.2. The largest absolute Gasteiger partial charge is 0.309 e. The zero-order chi connectivity index (χ0) is 34.2. The number of nitrogens with zero attached hydrogens (tertiary/aromatic N) is 4. The van der Waals surface area contributed by atoms with Crippen LogP contribution in [0, 0.1) is 0 Å². The maximum Gasteiger partial charge on any atom is 0.164 e. The van der Waals surface area contributed by atoms with Crippen LogP contribution in [0.25, 0.3) is 94.3 Å². The van der Waals surface area contributed by atoms with Crippen LogP contribution in [0.1, 0.15) is 0 Å². The van der Waals surface area contributed by atoms with E-state index in [1.54, 1.807) is 0 Å². The van der Waals surface area contributed by atoms with Crippen molar-refractivity contribution in [1.82, 2.24) is 19.5 Å². The molecule has 0 atom stereocenters. The van der Waals surface area contributed by atoms with Gasteiger partial charge in [-0.15, -0.1) is 0 Å². The fourth-order valence-corrected chi connectivity index (χ4v) is 9.04. The van der Waals surface area contributed by atoms with Gasteiger partial charge in [0.15, 0.2) is 17.5 Å². The highest BCUT2D eigenvalue weighted by atomic mass is 32.2. The molecule has 1 aliphatic rings. The molecule has 0 saturated carbocycles. The summed E-state index contributed by atoms with van der Waals surface area (Å²) in [6, 6.07) is 60.3. The summed E-state index contributed by atoms with van der Waals surface area (Å²) in [6.07, 6.45) is 0. The van der Waals surface area contributed by atoms with Crippen molar-refractivity contribution in [3.8, 4) is 51.0 Å². The molecular formula is C47H28N4S. The lowest BCUT2D eigenvalue weighted by atomic mass is 9.93. The van der Waals surface area contributed by atoms with Crippen LogP contribution in [-0.4, -0.2) is 19.5 Å². The van der Waals surface area contributed by atoms with Gasteiger partial charge in [0.05, 0.1) is 16.7 Å². The molecule has 52 heavy (non-hydrogen) atoms. The summed E-state index contributed by atoms with van der Waals surface area (Å²) in [5.41, 5.74) is 8.94. The molecule has 3 heterocycles. The predicted octanol–water partition coefficient (Wildman–Crippen LogP) is 12.4. The van der Waals surface area contributed by atoms with Gasteiger partial charge in [-0.2, -0.15) is 0 Å². The van der Waals surface area contributed by atoms with Crippen LogP contribution in [0.4, 0.5) is 0 Å². The normalized spacial score (nSPS) is 12.2. The molecule has 11 rings (SSSR count). The zero-order valence-corrected chi connectivity index (χ0v) is 28.7. The van der Waals surface area contributed by atoms with E-state index in [-0.39, 0.29) is 0 Å². The molecule has 0 saturated heterocycles. The highest BCUT2D eigenvalue weighted by molar-refractivity contribution is 7.99. The molecule has 0 spiro atoms. The summed E-state index contributed by atoms with van der Waals surface area (Å²) in [4.78, 5) is 17.7. The Morgan fingerprint density at radius 3 is 1.81 bits per heavy atom. The van der Waals surface area contributed by atoms with Crippen LogP contribution in [-0.2, 0) is 0 Å². The lowest BCUT2D eigenvalue weighted by molar-refractivity contribution is 1.08. The van der Waals surface area contributed by atoms with Gasteiger partial charge < -0.3 is 4.57 Å². The van der Waals surface area contributed by atoms with E-state index >= 15 is 0 Å². The van der Waals surface area contributed by atoms with Gasteiger partial charge in [0.2, 0.25) is 0 Å². The molecule has 10 aromatic rings. The molecule has 0 N–H and O–H groups in total. The van der Waals surface area contributed by atoms with Crippen LogP contribution < -0.4 is 0 Å². The number of hydrogen-bond acceptors (Lipinski definition) is 4. The van der Waals surface area contributed by atoms with E-state index in [0.29, 0.717) is 17.5 Å². The second-order valence-electron chi connectivity index (χ2n) is 13.2. The van der Waals surface area contributed by atoms with Gasteiger partial charge >= 0.3 is 0 Å². The number of rotatable bonds is 4. The minimum absolute atomic E-state index is 0.658. The molecule has 0 fully saturated rings. The Kier molecular flexibility index (Phi) is 6.45. The number of para-hydroxylation sites is 1. The minimum atomic E-state index is 0.658. The van der Waals surface area contributed by atoms with Crippen LogP contribution >= 0.6 is 11.8 Å². The molecule has 8 aromatic carbocycles. The summed E-state index contributed by atoms with van der Waals surface area (Å²) in [5, 5.41) is 7.34. The summed E-state index contributed by atoms with van der Waals surface area (Å²) in [7, 11) is 0. The standard InChI is InChI=1S/C47H28N4S/c1-3-13-29(14-4-1)45-48-46(30-15-5-2-6-16-30)50-47(49-45)35-25-26-42-43-34(35)20-11-21-36(43)44-39(23-12-24-41(44)52-42)51-38-22-10-9-19-33(38)37-27-31-17-7-8-18-32(31)28-40(37)51/h1-28H. The first-order chi connectivity index (χ1) is 25.8. The SMILES string of the molecule is c1ccc(-c2nc(-c3ccccc3)nc(-c3ccc4c5c(cccc35)-c3c(cccc3-n3c5ccccc5c5cc6ccccc6cc53)S4)n2)cc1. The van der Waals surface area contributed by atoms with Gasteiger partial charge in [-0.3, -0.25) is 0 Å². The Bertz CT molecular complexity index is 2980. The number of hydrogen-bond donors (Lipinski definition) is 0. The molecule has 0 aliphatic carbocycles. The summed E-state index contributed by atoms with van der Waals surface area (Å²) < 4.78 is 2.47. The van der Waals surface area contributed by atoms with Crippen LogP contribution in [0.3, 0.4) is 0 Å². The molecular weight excluding hydrogens is 653 g/mol. The Balaban J connectivity index is 1.17. The van der Waals surface area contributed by atoms with Gasteiger partial charge in [-0.05, 0) is 64.2 Å². The molecule has 0 unspecified atom stereocenters. The van der Waals surface area contributed by atoms with E-state index in [1.807, 2.05) is 48.2 Å². The van der Waals surface area contributed by atoms with Gasteiger partial charge in [-0.1, -0.05) is 139 Å². The van der Waals surface area contributed by atoms with Gasteiger partial charge in [0.1, 0.15) is 0 Å². The molecule has 0 bridgehead atoms. The second kappa shape index (κ2) is 11.5. The van der Waals surface area contributed by atoms with E-state index in [0.717, 1.165) is 22.1 Å². The van der Waals surface area contributed by atoms with E-state index in [4.69, 9.17) is 15.0 Å². The highest BCUT2D eigenvalue weighted by Crippen LogP contribution is 2.52. The van der Waals surface area contributed by atoms with E-state index in [2.05, 4.69) is 138 Å². The maximum atomic E-state index is 5.12. The van der Waals surface area contributed by atoms with E-state index < -0.39 is 0 Å². The molecule has 1 aliphatic heterocycles. The molecule has 0 amide bonds. The quantitative estimate of drug-likeness (QED) is 0.186. The number of fused-ring (bicyclic) bond motifs is 6.